The summed E-state index contributed by atoms with van der Waals surface area (Å²) in [6.45, 7) is 4.19. The van der Waals surface area contributed by atoms with Crippen molar-refractivity contribution in [2.45, 2.75) is 26.3 Å². The highest BCUT2D eigenvalue weighted by Gasteiger charge is 2.23. The predicted molar refractivity (Wildman–Crippen MR) is 95.7 cm³/mol. The molecular formula is C18H20N6O2. The number of anilines is 1. The lowest BCUT2D eigenvalue weighted by Crippen LogP contribution is -2.36. The molecule has 1 fully saturated rings. The fourth-order valence-electron chi connectivity index (χ4n) is 3.23. The van der Waals surface area contributed by atoms with Crippen molar-refractivity contribution in [2.75, 3.05) is 18.0 Å². The average molecular weight is 352 g/mol. The Kier molecular flexibility index (Phi) is 4.47. The van der Waals surface area contributed by atoms with Crippen LogP contribution >= 0.6 is 0 Å². The van der Waals surface area contributed by atoms with Crippen molar-refractivity contribution in [3.8, 4) is 11.3 Å². The molecule has 1 saturated heterocycles. The molecule has 0 aromatic carbocycles. The third kappa shape index (κ3) is 3.49. The number of nitrogens with zero attached hydrogens (tertiary/aromatic N) is 6. The van der Waals surface area contributed by atoms with Crippen LogP contribution in [0.4, 0.5) is 6.01 Å². The molecule has 3 aromatic heterocycles. The van der Waals surface area contributed by atoms with E-state index in [1.54, 1.807) is 29.4 Å². The Hall–Kier alpha value is -3.03. The molecule has 0 amide bonds. The minimum Gasteiger partial charge on any atom is -0.324 e. The summed E-state index contributed by atoms with van der Waals surface area (Å²) in [6.07, 6.45) is 6.99. The van der Waals surface area contributed by atoms with Gasteiger partial charge in [-0.3, -0.25) is 14.3 Å². The van der Waals surface area contributed by atoms with Gasteiger partial charge < -0.3 is 9.42 Å². The molecule has 0 atom stereocenters. The molecule has 26 heavy (non-hydrogen) atoms. The van der Waals surface area contributed by atoms with Gasteiger partial charge in [0.25, 0.3) is 5.56 Å². The number of rotatable bonds is 4. The summed E-state index contributed by atoms with van der Waals surface area (Å²) in [7, 11) is 0. The number of pyridine rings is 1. The summed E-state index contributed by atoms with van der Waals surface area (Å²) in [6, 6.07) is 5.89. The van der Waals surface area contributed by atoms with E-state index in [4.69, 9.17) is 4.52 Å². The zero-order valence-corrected chi connectivity index (χ0v) is 14.6. The van der Waals surface area contributed by atoms with Crippen molar-refractivity contribution in [1.82, 2.24) is 24.7 Å². The van der Waals surface area contributed by atoms with Crippen LogP contribution < -0.4 is 10.5 Å². The zero-order chi connectivity index (χ0) is 17.9. The summed E-state index contributed by atoms with van der Waals surface area (Å²) >= 11 is 0. The van der Waals surface area contributed by atoms with E-state index in [9.17, 15) is 4.79 Å². The molecular weight excluding hydrogens is 332 g/mol. The zero-order valence-electron chi connectivity index (χ0n) is 14.6. The maximum atomic E-state index is 12.4. The summed E-state index contributed by atoms with van der Waals surface area (Å²) < 4.78 is 6.92. The standard InChI is InChI=1S/C18H20N6O2/c1-13-21-18(26-22-13)23-7-4-14(5-8-23)11-24-12-20-16(9-17(24)25)15-3-2-6-19-10-15/h2-3,6,9-10,12,14H,4-5,7-8,11H2,1H3. The van der Waals surface area contributed by atoms with Crippen LogP contribution in [-0.2, 0) is 6.54 Å². The highest BCUT2D eigenvalue weighted by atomic mass is 16.5. The van der Waals surface area contributed by atoms with Gasteiger partial charge in [0.2, 0.25) is 0 Å². The maximum Gasteiger partial charge on any atom is 0.324 e. The number of hydrogen-bond acceptors (Lipinski definition) is 7. The van der Waals surface area contributed by atoms with E-state index in [2.05, 4.69) is 25.0 Å². The second-order valence-electron chi connectivity index (χ2n) is 6.56. The van der Waals surface area contributed by atoms with Crippen LogP contribution in [0.25, 0.3) is 11.3 Å². The van der Waals surface area contributed by atoms with E-state index in [1.165, 1.54) is 0 Å². The van der Waals surface area contributed by atoms with E-state index in [1.807, 2.05) is 19.1 Å². The van der Waals surface area contributed by atoms with Gasteiger partial charge in [-0.1, -0.05) is 5.16 Å². The Bertz CT molecular complexity index is 928. The molecule has 0 aliphatic carbocycles. The molecule has 0 bridgehead atoms. The molecule has 134 valence electrons. The smallest absolute Gasteiger partial charge is 0.324 e. The lowest BCUT2D eigenvalue weighted by atomic mass is 9.97. The Morgan fingerprint density at radius 1 is 1.31 bits per heavy atom. The fourth-order valence-corrected chi connectivity index (χ4v) is 3.23. The van der Waals surface area contributed by atoms with Gasteiger partial charge in [-0.05, 0) is 37.8 Å². The molecule has 0 radical (unpaired) electrons. The molecule has 0 spiro atoms. The van der Waals surface area contributed by atoms with Gasteiger partial charge in [-0.25, -0.2) is 4.98 Å². The molecule has 4 rings (SSSR count). The van der Waals surface area contributed by atoms with Crippen LogP contribution in [0.1, 0.15) is 18.7 Å². The molecule has 1 aliphatic rings. The van der Waals surface area contributed by atoms with Crippen molar-refractivity contribution in [3.63, 3.8) is 0 Å². The van der Waals surface area contributed by atoms with Gasteiger partial charge in [0.1, 0.15) is 0 Å². The van der Waals surface area contributed by atoms with Crippen LogP contribution in [0, 0.1) is 12.8 Å². The van der Waals surface area contributed by atoms with E-state index in [0.29, 0.717) is 30.0 Å². The highest BCUT2D eigenvalue weighted by molar-refractivity contribution is 5.56. The Morgan fingerprint density at radius 2 is 2.15 bits per heavy atom. The second-order valence-corrected chi connectivity index (χ2v) is 6.56. The molecule has 4 heterocycles. The largest absolute Gasteiger partial charge is 0.324 e. The van der Waals surface area contributed by atoms with Crippen molar-refractivity contribution < 1.29 is 4.52 Å². The van der Waals surface area contributed by atoms with E-state index in [-0.39, 0.29) is 5.56 Å². The fraction of sp³-hybridized carbons (Fsp3) is 0.389. The van der Waals surface area contributed by atoms with Crippen LogP contribution in [0.3, 0.4) is 0 Å². The van der Waals surface area contributed by atoms with E-state index < -0.39 is 0 Å². The summed E-state index contributed by atoms with van der Waals surface area (Å²) in [4.78, 5) is 27.3. The number of piperidine rings is 1. The SMILES string of the molecule is Cc1noc(N2CCC(Cn3cnc(-c4cccnc4)cc3=O)CC2)n1. The van der Waals surface area contributed by atoms with Gasteiger partial charge >= 0.3 is 6.01 Å². The van der Waals surface area contributed by atoms with Crippen molar-refractivity contribution in [1.29, 1.82) is 0 Å². The van der Waals surface area contributed by atoms with Gasteiger partial charge in [-0.15, -0.1) is 0 Å². The Balaban J connectivity index is 1.40. The summed E-state index contributed by atoms with van der Waals surface area (Å²) in [5, 5.41) is 3.84. The van der Waals surface area contributed by atoms with Gasteiger partial charge in [-0.2, -0.15) is 4.98 Å². The van der Waals surface area contributed by atoms with Crippen LogP contribution in [0.15, 0.2) is 46.2 Å². The molecule has 0 unspecified atom stereocenters. The number of aromatic nitrogens is 5. The van der Waals surface area contributed by atoms with Gasteiger partial charge in [0.05, 0.1) is 12.0 Å². The van der Waals surface area contributed by atoms with Crippen molar-refractivity contribution >= 4 is 6.01 Å². The Morgan fingerprint density at radius 3 is 2.81 bits per heavy atom. The van der Waals surface area contributed by atoms with Crippen LogP contribution in [0.5, 0.6) is 0 Å². The average Bonchev–Trinajstić information content (AvgIpc) is 3.11. The molecule has 3 aromatic rings. The molecule has 0 saturated carbocycles. The normalized spacial score (nSPS) is 15.3. The lowest BCUT2D eigenvalue weighted by Gasteiger charge is -2.30. The van der Waals surface area contributed by atoms with Crippen LogP contribution in [0.2, 0.25) is 0 Å². The van der Waals surface area contributed by atoms with Gasteiger partial charge in [0.15, 0.2) is 5.82 Å². The maximum absolute atomic E-state index is 12.4. The first-order chi connectivity index (χ1) is 12.7. The quantitative estimate of drug-likeness (QED) is 0.708. The minimum atomic E-state index is -0.0335. The third-order valence-electron chi connectivity index (χ3n) is 4.69. The van der Waals surface area contributed by atoms with Crippen LogP contribution in [-0.4, -0.2) is 37.8 Å². The first-order valence-electron chi connectivity index (χ1n) is 8.71. The lowest BCUT2D eigenvalue weighted by molar-refractivity contribution is 0.330. The first-order valence-corrected chi connectivity index (χ1v) is 8.71. The molecule has 0 N–H and O–H groups in total. The van der Waals surface area contributed by atoms with E-state index in [0.717, 1.165) is 31.5 Å². The van der Waals surface area contributed by atoms with E-state index >= 15 is 0 Å². The summed E-state index contributed by atoms with van der Waals surface area (Å²) in [5.74, 6) is 1.08. The van der Waals surface area contributed by atoms with Crippen molar-refractivity contribution in [2.24, 2.45) is 5.92 Å². The first kappa shape index (κ1) is 16.4. The third-order valence-corrected chi connectivity index (χ3v) is 4.69. The topological polar surface area (TPSA) is 89.9 Å². The number of aryl methyl sites for hydroxylation is 1. The monoisotopic (exact) mass is 352 g/mol. The number of hydrogen-bond donors (Lipinski definition) is 0. The summed E-state index contributed by atoms with van der Waals surface area (Å²) in [5.41, 5.74) is 1.47. The highest BCUT2D eigenvalue weighted by Crippen LogP contribution is 2.23. The molecule has 8 nitrogen and oxygen atoms in total. The molecule has 8 heteroatoms. The van der Waals surface area contributed by atoms with Crippen molar-refractivity contribution in [3.05, 3.63) is 53.1 Å². The second kappa shape index (κ2) is 7.07. The Labute approximate surface area is 150 Å². The van der Waals surface area contributed by atoms with Gasteiger partial charge in [0, 0.05) is 43.7 Å². The predicted octanol–water partition coefficient (Wildman–Crippen LogP) is 1.91. The molecule has 1 aliphatic heterocycles. The minimum absolute atomic E-state index is 0.0335.